The minimum absolute atomic E-state index is 0.00748. The third-order valence-electron chi connectivity index (χ3n) is 2.77. The SMILES string of the molecule is CCOC(=O)c1nn(-c2ccc(F)cc2F)c(N)c1C. The standard InChI is InChI=1S/C13H13F2N3O2/c1-3-20-13(19)11-7(2)12(16)18(17-11)10-5-4-8(14)6-9(10)15/h4-6H,3,16H2,1-2H3. The van der Waals surface area contributed by atoms with E-state index in [0.29, 0.717) is 5.56 Å². The fraction of sp³-hybridized carbons (Fsp3) is 0.231. The van der Waals surface area contributed by atoms with Gasteiger partial charge in [0.25, 0.3) is 0 Å². The van der Waals surface area contributed by atoms with E-state index in [1.54, 1.807) is 13.8 Å². The van der Waals surface area contributed by atoms with Gasteiger partial charge in [-0.3, -0.25) is 0 Å². The Labute approximate surface area is 114 Å². The van der Waals surface area contributed by atoms with E-state index in [0.717, 1.165) is 16.8 Å². The maximum absolute atomic E-state index is 13.7. The van der Waals surface area contributed by atoms with Crippen molar-refractivity contribution in [3.05, 3.63) is 41.1 Å². The zero-order chi connectivity index (χ0) is 14.9. The van der Waals surface area contributed by atoms with E-state index in [1.807, 2.05) is 0 Å². The van der Waals surface area contributed by atoms with Gasteiger partial charge in [0.2, 0.25) is 0 Å². The summed E-state index contributed by atoms with van der Waals surface area (Å²) in [5.41, 5.74) is 6.16. The van der Waals surface area contributed by atoms with Crippen LogP contribution in [0, 0.1) is 18.6 Å². The van der Waals surface area contributed by atoms with Gasteiger partial charge < -0.3 is 10.5 Å². The average molecular weight is 281 g/mol. The van der Waals surface area contributed by atoms with Crippen molar-refractivity contribution in [3.63, 3.8) is 0 Å². The number of benzene rings is 1. The second kappa shape index (κ2) is 5.28. The minimum atomic E-state index is -0.824. The van der Waals surface area contributed by atoms with Crippen molar-refractivity contribution in [2.24, 2.45) is 0 Å². The molecule has 0 saturated heterocycles. The zero-order valence-corrected chi connectivity index (χ0v) is 11.0. The molecule has 2 N–H and O–H groups in total. The number of rotatable bonds is 3. The average Bonchev–Trinajstić information content (AvgIpc) is 2.67. The summed E-state index contributed by atoms with van der Waals surface area (Å²) in [6.07, 6.45) is 0. The lowest BCUT2D eigenvalue weighted by molar-refractivity contribution is 0.0518. The molecule has 0 spiro atoms. The zero-order valence-electron chi connectivity index (χ0n) is 11.0. The predicted octanol–water partition coefficient (Wildman–Crippen LogP) is 2.22. The van der Waals surface area contributed by atoms with Crippen LogP contribution in [0.2, 0.25) is 0 Å². The summed E-state index contributed by atoms with van der Waals surface area (Å²) in [5, 5.41) is 3.94. The number of aromatic nitrogens is 2. The van der Waals surface area contributed by atoms with Gasteiger partial charge in [0.15, 0.2) is 11.5 Å². The number of nitrogen functional groups attached to an aromatic ring is 1. The molecule has 1 aromatic carbocycles. The van der Waals surface area contributed by atoms with Crippen LogP contribution in [0.3, 0.4) is 0 Å². The molecule has 1 heterocycles. The number of ether oxygens (including phenoxy) is 1. The lowest BCUT2D eigenvalue weighted by Crippen LogP contribution is -2.08. The highest BCUT2D eigenvalue weighted by Crippen LogP contribution is 2.23. The Hall–Kier alpha value is -2.44. The van der Waals surface area contributed by atoms with Gasteiger partial charge in [-0.1, -0.05) is 0 Å². The Morgan fingerprint density at radius 2 is 2.15 bits per heavy atom. The van der Waals surface area contributed by atoms with Crippen LogP contribution in [-0.2, 0) is 4.74 Å². The van der Waals surface area contributed by atoms with Gasteiger partial charge in [-0.05, 0) is 26.0 Å². The van der Waals surface area contributed by atoms with Crippen LogP contribution in [0.15, 0.2) is 18.2 Å². The molecule has 2 rings (SSSR count). The van der Waals surface area contributed by atoms with E-state index >= 15 is 0 Å². The normalized spacial score (nSPS) is 10.6. The Bertz CT molecular complexity index is 668. The largest absolute Gasteiger partial charge is 0.461 e. The molecule has 5 nitrogen and oxygen atoms in total. The topological polar surface area (TPSA) is 70.1 Å². The Kier molecular flexibility index (Phi) is 3.69. The number of hydrogen-bond donors (Lipinski definition) is 1. The molecule has 0 aliphatic carbocycles. The highest BCUT2D eigenvalue weighted by Gasteiger charge is 2.21. The molecule has 2 aromatic rings. The first-order valence-corrected chi connectivity index (χ1v) is 5.93. The van der Waals surface area contributed by atoms with E-state index in [-0.39, 0.29) is 23.8 Å². The van der Waals surface area contributed by atoms with Gasteiger partial charge in [0.1, 0.15) is 17.3 Å². The summed E-state index contributed by atoms with van der Waals surface area (Å²) in [6.45, 7) is 3.43. The molecule has 0 bridgehead atoms. The van der Waals surface area contributed by atoms with E-state index in [1.165, 1.54) is 6.07 Å². The number of nitrogens with two attached hydrogens (primary N) is 1. The second-order valence-electron chi connectivity index (χ2n) is 4.09. The minimum Gasteiger partial charge on any atom is -0.461 e. The van der Waals surface area contributed by atoms with Crippen LogP contribution in [0.5, 0.6) is 0 Å². The van der Waals surface area contributed by atoms with Gasteiger partial charge in [-0.25, -0.2) is 18.3 Å². The summed E-state index contributed by atoms with van der Waals surface area (Å²) < 4.78 is 32.5. The summed E-state index contributed by atoms with van der Waals surface area (Å²) in [7, 11) is 0. The highest BCUT2D eigenvalue weighted by atomic mass is 19.1. The number of hydrogen-bond acceptors (Lipinski definition) is 4. The maximum Gasteiger partial charge on any atom is 0.359 e. The molecular formula is C13H13F2N3O2. The quantitative estimate of drug-likeness (QED) is 0.876. The first kappa shape index (κ1) is 14.0. The van der Waals surface area contributed by atoms with Crippen LogP contribution in [0.4, 0.5) is 14.6 Å². The number of carbonyl (C=O) groups is 1. The van der Waals surface area contributed by atoms with Gasteiger partial charge in [0, 0.05) is 11.6 Å². The van der Waals surface area contributed by atoms with Crippen molar-refractivity contribution in [3.8, 4) is 5.69 Å². The third kappa shape index (κ3) is 2.34. The van der Waals surface area contributed by atoms with Crippen LogP contribution in [0.25, 0.3) is 5.69 Å². The van der Waals surface area contributed by atoms with Crippen LogP contribution in [0.1, 0.15) is 23.0 Å². The Morgan fingerprint density at radius 1 is 1.45 bits per heavy atom. The Balaban J connectivity index is 2.53. The molecule has 0 radical (unpaired) electrons. The first-order chi connectivity index (χ1) is 9.45. The van der Waals surface area contributed by atoms with Crippen molar-refractivity contribution in [1.82, 2.24) is 9.78 Å². The summed E-state index contributed by atoms with van der Waals surface area (Å²) in [5.74, 6) is -2.08. The van der Waals surface area contributed by atoms with Crippen molar-refractivity contribution in [2.75, 3.05) is 12.3 Å². The van der Waals surface area contributed by atoms with Crippen LogP contribution in [-0.4, -0.2) is 22.4 Å². The molecule has 7 heteroatoms. The summed E-state index contributed by atoms with van der Waals surface area (Å²) in [4.78, 5) is 11.7. The number of carbonyl (C=O) groups excluding carboxylic acids is 1. The molecule has 0 unspecified atom stereocenters. The van der Waals surface area contributed by atoms with Gasteiger partial charge in [-0.2, -0.15) is 5.10 Å². The third-order valence-corrected chi connectivity index (χ3v) is 2.77. The van der Waals surface area contributed by atoms with E-state index in [2.05, 4.69) is 5.10 Å². The second-order valence-corrected chi connectivity index (χ2v) is 4.09. The molecule has 0 amide bonds. The van der Waals surface area contributed by atoms with Gasteiger partial charge in [0.05, 0.1) is 6.61 Å². The van der Waals surface area contributed by atoms with Crippen molar-refractivity contribution >= 4 is 11.8 Å². The fourth-order valence-corrected chi connectivity index (χ4v) is 1.74. The molecule has 106 valence electrons. The molecule has 0 atom stereocenters. The molecule has 1 aromatic heterocycles. The van der Waals surface area contributed by atoms with Crippen molar-refractivity contribution in [2.45, 2.75) is 13.8 Å². The molecule has 0 fully saturated rings. The van der Waals surface area contributed by atoms with Crippen LogP contribution < -0.4 is 5.73 Å². The van der Waals surface area contributed by atoms with E-state index < -0.39 is 17.6 Å². The number of nitrogens with zero attached hydrogens (tertiary/aromatic N) is 2. The van der Waals surface area contributed by atoms with Crippen LogP contribution >= 0.6 is 0 Å². The summed E-state index contributed by atoms with van der Waals surface area (Å²) >= 11 is 0. The van der Waals surface area contributed by atoms with Crippen molar-refractivity contribution < 1.29 is 18.3 Å². The Morgan fingerprint density at radius 3 is 2.75 bits per heavy atom. The lowest BCUT2D eigenvalue weighted by Gasteiger charge is -2.05. The number of esters is 1. The monoisotopic (exact) mass is 281 g/mol. The van der Waals surface area contributed by atoms with Gasteiger partial charge >= 0.3 is 5.97 Å². The number of halogens is 2. The lowest BCUT2D eigenvalue weighted by atomic mass is 10.2. The fourth-order valence-electron chi connectivity index (χ4n) is 1.74. The highest BCUT2D eigenvalue weighted by molar-refractivity contribution is 5.90. The number of anilines is 1. The van der Waals surface area contributed by atoms with Crippen molar-refractivity contribution in [1.29, 1.82) is 0 Å². The van der Waals surface area contributed by atoms with Gasteiger partial charge in [-0.15, -0.1) is 0 Å². The first-order valence-electron chi connectivity index (χ1n) is 5.93. The smallest absolute Gasteiger partial charge is 0.359 e. The van der Waals surface area contributed by atoms with E-state index in [9.17, 15) is 13.6 Å². The predicted molar refractivity (Wildman–Crippen MR) is 68.6 cm³/mol. The molecule has 0 saturated carbocycles. The summed E-state index contributed by atoms with van der Waals surface area (Å²) in [6, 6.07) is 3.00. The van der Waals surface area contributed by atoms with E-state index in [4.69, 9.17) is 10.5 Å². The molecule has 0 aliphatic heterocycles. The maximum atomic E-state index is 13.7. The molecular weight excluding hydrogens is 268 g/mol. The molecule has 20 heavy (non-hydrogen) atoms. The molecule has 0 aliphatic rings.